The largest absolute Gasteiger partial charge is 0.356 e. The van der Waals surface area contributed by atoms with Crippen LogP contribution in [0, 0.1) is 13.8 Å². The highest BCUT2D eigenvalue weighted by molar-refractivity contribution is 7.81. The van der Waals surface area contributed by atoms with E-state index in [2.05, 4.69) is 10.5 Å². The first-order valence-electron chi connectivity index (χ1n) is 10.9. The number of nitrogens with one attached hydrogen (secondary N) is 1. The number of thiocarbonyl (C=S) groups is 1. The van der Waals surface area contributed by atoms with Gasteiger partial charge in [0.15, 0.2) is 5.76 Å². The molecule has 164 valence electrons. The number of carbonyl (C=O) groups excluding carboxylic acids is 1. The maximum atomic E-state index is 13.6. The van der Waals surface area contributed by atoms with Gasteiger partial charge in [0.1, 0.15) is 4.99 Å². The molecule has 0 spiro atoms. The molecule has 2 heterocycles. The Bertz CT molecular complexity index is 1380. The molecule has 0 radical (unpaired) electrons. The van der Waals surface area contributed by atoms with Crippen molar-refractivity contribution in [1.29, 1.82) is 0 Å². The summed E-state index contributed by atoms with van der Waals surface area (Å²) in [5.41, 5.74) is 7.25. The number of rotatable bonds is 3. The summed E-state index contributed by atoms with van der Waals surface area (Å²) in [6.45, 7) is 4.55. The predicted molar refractivity (Wildman–Crippen MR) is 135 cm³/mol. The van der Waals surface area contributed by atoms with E-state index in [4.69, 9.17) is 16.7 Å². The molecule has 1 amide bonds. The number of aryl methyl sites for hydroxylation is 2. The fraction of sp³-hybridized carbons (Fsp3) is 0.148. The van der Waals surface area contributed by atoms with E-state index in [-0.39, 0.29) is 5.91 Å². The maximum absolute atomic E-state index is 13.6. The first-order valence-corrected chi connectivity index (χ1v) is 11.3. The summed E-state index contributed by atoms with van der Waals surface area (Å²) in [6.07, 6.45) is 2.42. The van der Waals surface area contributed by atoms with Gasteiger partial charge in [-0.2, -0.15) is 0 Å². The average Bonchev–Trinajstić information content (AvgIpc) is 3.22. The first kappa shape index (κ1) is 21.1. The van der Waals surface area contributed by atoms with E-state index in [0.29, 0.717) is 23.5 Å². The van der Waals surface area contributed by atoms with Crippen LogP contribution in [0.2, 0.25) is 0 Å². The fourth-order valence-electron chi connectivity index (χ4n) is 4.28. The Labute approximate surface area is 198 Å². The minimum absolute atomic E-state index is 0.0360. The van der Waals surface area contributed by atoms with Gasteiger partial charge >= 0.3 is 0 Å². The normalized spacial score (nSPS) is 12.5. The molecule has 5 nitrogen and oxygen atoms in total. The average molecular weight is 454 g/mol. The molecular weight excluding hydrogens is 430 g/mol. The zero-order valence-electron chi connectivity index (χ0n) is 18.5. The molecule has 4 aromatic rings. The van der Waals surface area contributed by atoms with Crippen LogP contribution in [0.25, 0.3) is 11.3 Å². The van der Waals surface area contributed by atoms with Gasteiger partial charge < -0.3 is 14.7 Å². The van der Waals surface area contributed by atoms with Gasteiger partial charge in [-0.05, 0) is 61.7 Å². The van der Waals surface area contributed by atoms with Gasteiger partial charge in [-0.15, -0.1) is 0 Å². The van der Waals surface area contributed by atoms with E-state index < -0.39 is 0 Å². The minimum atomic E-state index is -0.0360. The summed E-state index contributed by atoms with van der Waals surface area (Å²) >= 11 is 5.60. The molecule has 1 aromatic heterocycles. The molecule has 6 heteroatoms. The van der Waals surface area contributed by atoms with Crippen molar-refractivity contribution in [3.63, 3.8) is 0 Å². The Morgan fingerprint density at radius 1 is 1.00 bits per heavy atom. The Hall–Kier alpha value is -3.77. The number of anilines is 2. The zero-order chi connectivity index (χ0) is 22.9. The number of benzene rings is 3. The van der Waals surface area contributed by atoms with Gasteiger partial charge in [-0.1, -0.05) is 53.8 Å². The smallest absolute Gasteiger partial charge is 0.258 e. The lowest BCUT2D eigenvalue weighted by Gasteiger charge is -2.24. The summed E-state index contributed by atoms with van der Waals surface area (Å²) in [5.74, 6) is 0.702. The standard InChI is InChI=1S/C27H23N3O2S/c1-17-7-3-4-8-21(17)26(33)29-20-11-12-22(18(2)15-20)27(31)30-14-13-19-16-28-32-25(19)23-9-5-6-10-24(23)30/h3-12,15-16H,13-14H2,1-2H3,(H,29,33). The van der Waals surface area contributed by atoms with Crippen LogP contribution in [0.4, 0.5) is 11.4 Å². The topological polar surface area (TPSA) is 58.4 Å². The van der Waals surface area contributed by atoms with E-state index in [1.54, 1.807) is 6.20 Å². The molecule has 0 unspecified atom stereocenters. The molecule has 33 heavy (non-hydrogen) atoms. The van der Waals surface area contributed by atoms with Crippen molar-refractivity contribution in [3.8, 4) is 11.3 Å². The number of carbonyl (C=O) groups is 1. The molecule has 0 saturated carbocycles. The Kier molecular flexibility index (Phi) is 5.52. The summed E-state index contributed by atoms with van der Waals surface area (Å²) in [6, 6.07) is 21.6. The predicted octanol–water partition coefficient (Wildman–Crippen LogP) is 5.95. The molecule has 1 aliphatic heterocycles. The van der Waals surface area contributed by atoms with Crippen LogP contribution >= 0.6 is 12.2 Å². The van der Waals surface area contributed by atoms with E-state index in [1.165, 1.54) is 0 Å². The molecular formula is C27H23N3O2S. The highest BCUT2D eigenvalue weighted by atomic mass is 32.1. The summed E-state index contributed by atoms with van der Waals surface area (Å²) in [5, 5.41) is 7.26. The lowest BCUT2D eigenvalue weighted by Crippen LogP contribution is -2.33. The molecule has 0 aliphatic carbocycles. The van der Waals surface area contributed by atoms with Crippen molar-refractivity contribution in [2.45, 2.75) is 20.3 Å². The van der Waals surface area contributed by atoms with Crippen LogP contribution in [0.5, 0.6) is 0 Å². The van der Waals surface area contributed by atoms with E-state index in [9.17, 15) is 4.79 Å². The second-order valence-corrected chi connectivity index (χ2v) is 8.61. The van der Waals surface area contributed by atoms with E-state index in [1.807, 2.05) is 85.5 Å². The quantitative estimate of drug-likeness (QED) is 0.389. The highest BCUT2D eigenvalue weighted by Crippen LogP contribution is 2.37. The van der Waals surface area contributed by atoms with E-state index in [0.717, 1.165) is 45.0 Å². The number of aromatic nitrogens is 1. The minimum Gasteiger partial charge on any atom is -0.356 e. The van der Waals surface area contributed by atoms with Crippen molar-refractivity contribution in [3.05, 3.63) is 101 Å². The summed E-state index contributed by atoms with van der Waals surface area (Å²) in [4.78, 5) is 16.1. The van der Waals surface area contributed by atoms with Gasteiger partial charge in [-0.3, -0.25) is 4.79 Å². The SMILES string of the molecule is Cc1cc(NC(=S)c2ccccc2C)ccc1C(=O)N1CCc2cnoc2-c2ccccc21. The molecule has 1 aliphatic rings. The van der Waals surface area contributed by atoms with Crippen LogP contribution in [0.3, 0.4) is 0 Å². The van der Waals surface area contributed by atoms with E-state index >= 15 is 0 Å². The first-order chi connectivity index (χ1) is 16.0. The van der Waals surface area contributed by atoms with Crippen LogP contribution in [-0.4, -0.2) is 22.6 Å². The maximum Gasteiger partial charge on any atom is 0.258 e. The van der Waals surface area contributed by atoms with Gasteiger partial charge in [0.05, 0.1) is 11.9 Å². The van der Waals surface area contributed by atoms with Crippen molar-refractivity contribution in [2.24, 2.45) is 0 Å². The number of hydrogen-bond donors (Lipinski definition) is 1. The van der Waals surface area contributed by atoms with Gasteiger partial charge in [0.25, 0.3) is 5.91 Å². The molecule has 5 rings (SSSR count). The van der Waals surface area contributed by atoms with Crippen LogP contribution in [0.15, 0.2) is 77.4 Å². The molecule has 0 bridgehead atoms. The van der Waals surface area contributed by atoms with Crippen LogP contribution < -0.4 is 10.2 Å². The number of fused-ring (bicyclic) bond motifs is 3. The summed E-state index contributed by atoms with van der Waals surface area (Å²) in [7, 11) is 0. The molecule has 0 fully saturated rings. The Morgan fingerprint density at radius 2 is 1.79 bits per heavy atom. The van der Waals surface area contributed by atoms with Crippen molar-refractivity contribution < 1.29 is 9.32 Å². The number of nitrogens with zero attached hydrogens (tertiary/aromatic N) is 2. The monoisotopic (exact) mass is 453 g/mol. The van der Waals surface area contributed by atoms with Crippen molar-refractivity contribution in [1.82, 2.24) is 5.16 Å². The van der Waals surface area contributed by atoms with Gasteiger partial charge in [0.2, 0.25) is 0 Å². The lowest BCUT2D eigenvalue weighted by molar-refractivity contribution is 0.0987. The van der Waals surface area contributed by atoms with Crippen molar-refractivity contribution >= 4 is 34.5 Å². The van der Waals surface area contributed by atoms with Crippen LogP contribution in [0.1, 0.15) is 32.6 Å². The fourth-order valence-corrected chi connectivity index (χ4v) is 4.62. The van der Waals surface area contributed by atoms with Crippen LogP contribution in [-0.2, 0) is 6.42 Å². The van der Waals surface area contributed by atoms with Crippen molar-refractivity contribution in [2.75, 3.05) is 16.8 Å². The lowest BCUT2D eigenvalue weighted by atomic mass is 10.0. The highest BCUT2D eigenvalue weighted by Gasteiger charge is 2.27. The number of hydrogen-bond acceptors (Lipinski definition) is 4. The Balaban J connectivity index is 1.42. The molecule has 3 aromatic carbocycles. The van der Waals surface area contributed by atoms with Gasteiger partial charge in [0, 0.05) is 34.5 Å². The zero-order valence-corrected chi connectivity index (χ0v) is 19.3. The Morgan fingerprint density at radius 3 is 2.61 bits per heavy atom. The third-order valence-electron chi connectivity index (χ3n) is 6.04. The second-order valence-electron chi connectivity index (χ2n) is 8.20. The summed E-state index contributed by atoms with van der Waals surface area (Å²) < 4.78 is 5.51. The molecule has 0 saturated heterocycles. The van der Waals surface area contributed by atoms with Gasteiger partial charge in [-0.25, -0.2) is 0 Å². The third-order valence-corrected chi connectivity index (χ3v) is 6.36. The molecule has 0 atom stereocenters. The number of para-hydroxylation sites is 1. The second kappa shape index (κ2) is 8.64. The number of amides is 1. The third kappa shape index (κ3) is 3.94. The molecule has 1 N–H and O–H groups in total.